The van der Waals surface area contributed by atoms with Crippen LogP contribution in [0, 0.1) is 0 Å². The molecule has 0 unspecified atom stereocenters. The standard InChI is InChI=1S/C15H14N2O2/c1-19-14-5-6-17-12(9-14)10-16-15(17)8-11-3-2-4-13(18)7-11/h2-7,9-10,18H,8H2,1H3. The number of aromatic hydroxyl groups is 1. The van der Waals surface area contributed by atoms with Gasteiger partial charge in [-0.3, -0.25) is 0 Å². The van der Waals surface area contributed by atoms with Crippen LogP contribution in [0.1, 0.15) is 11.4 Å². The van der Waals surface area contributed by atoms with Gasteiger partial charge in [0.2, 0.25) is 0 Å². The summed E-state index contributed by atoms with van der Waals surface area (Å²) in [5, 5.41) is 9.48. The predicted molar refractivity (Wildman–Crippen MR) is 72.7 cm³/mol. The predicted octanol–water partition coefficient (Wildman–Crippen LogP) is 2.64. The third-order valence-corrected chi connectivity index (χ3v) is 3.09. The molecule has 1 aromatic carbocycles. The topological polar surface area (TPSA) is 46.8 Å². The zero-order valence-corrected chi connectivity index (χ0v) is 10.6. The van der Waals surface area contributed by atoms with Crippen molar-refractivity contribution in [2.45, 2.75) is 6.42 Å². The molecule has 2 aromatic heterocycles. The van der Waals surface area contributed by atoms with Crippen LogP contribution in [-0.4, -0.2) is 21.6 Å². The molecule has 3 aromatic rings. The molecule has 0 atom stereocenters. The van der Waals surface area contributed by atoms with Gasteiger partial charge in [-0.15, -0.1) is 0 Å². The van der Waals surface area contributed by atoms with Crippen LogP contribution < -0.4 is 4.74 Å². The molecule has 0 amide bonds. The van der Waals surface area contributed by atoms with E-state index in [1.54, 1.807) is 19.2 Å². The summed E-state index contributed by atoms with van der Waals surface area (Å²) in [5.41, 5.74) is 2.03. The van der Waals surface area contributed by atoms with E-state index in [2.05, 4.69) is 4.98 Å². The van der Waals surface area contributed by atoms with Crippen molar-refractivity contribution in [3.63, 3.8) is 0 Å². The average Bonchev–Trinajstić information content (AvgIpc) is 2.81. The number of aromatic nitrogens is 2. The molecule has 0 saturated carbocycles. The molecule has 0 fully saturated rings. The lowest BCUT2D eigenvalue weighted by molar-refractivity contribution is 0.414. The molecule has 4 heteroatoms. The van der Waals surface area contributed by atoms with Crippen molar-refractivity contribution >= 4 is 5.52 Å². The van der Waals surface area contributed by atoms with E-state index >= 15 is 0 Å². The van der Waals surface area contributed by atoms with Gasteiger partial charge in [0.05, 0.1) is 18.8 Å². The molecule has 1 N–H and O–H groups in total. The van der Waals surface area contributed by atoms with Gasteiger partial charge in [0.1, 0.15) is 17.3 Å². The van der Waals surface area contributed by atoms with Gasteiger partial charge in [0.25, 0.3) is 0 Å². The number of benzene rings is 1. The normalized spacial score (nSPS) is 10.8. The van der Waals surface area contributed by atoms with Crippen molar-refractivity contribution in [2.24, 2.45) is 0 Å². The van der Waals surface area contributed by atoms with Gasteiger partial charge in [0.15, 0.2) is 0 Å². The van der Waals surface area contributed by atoms with E-state index in [1.165, 1.54) is 0 Å². The maximum atomic E-state index is 9.48. The van der Waals surface area contributed by atoms with Crippen LogP contribution in [0.15, 0.2) is 48.8 Å². The Morgan fingerprint density at radius 2 is 2.16 bits per heavy atom. The summed E-state index contributed by atoms with van der Waals surface area (Å²) in [6.45, 7) is 0. The number of nitrogens with zero attached hydrogens (tertiary/aromatic N) is 2. The Kier molecular flexibility index (Phi) is 2.83. The number of phenolic OH excluding ortho intramolecular Hbond substituents is 1. The molecule has 2 heterocycles. The first-order valence-electron chi connectivity index (χ1n) is 6.04. The third kappa shape index (κ3) is 2.25. The molecule has 0 spiro atoms. The molecular weight excluding hydrogens is 240 g/mol. The quantitative estimate of drug-likeness (QED) is 0.781. The fourth-order valence-corrected chi connectivity index (χ4v) is 2.14. The second-order valence-electron chi connectivity index (χ2n) is 4.38. The van der Waals surface area contributed by atoms with Crippen molar-refractivity contribution in [1.29, 1.82) is 0 Å². The van der Waals surface area contributed by atoms with Crippen LogP contribution >= 0.6 is 0 Å². The van der Waals surface area contributed by atoms with E-state index in [-0.39, 0.29) is 5.75 Å². The number of imidazole rings is 1. The Hall–Kier alpha value is -2.49. The molecule has 0 aliphatic rings. The van der Waals surface area contributed by atoms with Crippen molar-refractivity contribution in [3.8, 4) is 11.5 Å². The largest absolute Gasteiger partial charge is 0.508 e. The van der Waals surface area contributed by atoms with Crippen LogP contribution in [0.4, 0.5) is 0 Å². The number of rotatable bonds is 3. The second kappa shape index (κ2) is 4.65. The first-order valence-corrected chi connectivity index (χ1v) is 6.04. The van der Waals surface area contributed by atoms with Crippen molar-refractivity contribution in [3.05, 3.63) is 60.2 Å². The molecule has 0 bridgehead atoms. The van der Waals surface area contributed by atoms with E-state index in [1.807, 2.05) is 41.1 Å². The minimum absolute atomic E-state index is 0.278. The third-order valence-electron chi connectivity index (χ3n) is 3.09. The van der Waals surface area contributed by atoms with E-state index in [9.17, 15) is 5.11 Å². The molecule has 4 nitrogen and oxygen atoms in total. The molecule has 3 rings (SSSR count). The van der Waals surface area contributed by atoms with Gasteiger partial charge in [-0.05, 0) is 23.8 Å². The SMILES string of the molecule is COc1ccn2c(Cc3cccc(O)c3)ncc2c1. The number of phenols is 1. The van der Waals surface area contributed by atoms with Gasteiger partial charge < -0.3 is 14.2 Å². The van der Waals surface area contributed by atoms with Gasteiger partial charge >= 0.3 is 0 Å². The number of fused-ring (bicyclic) bond motifs is 1. The highest BCUT2D eigenvalue weighted by Gasteiger charge is 2.06. The zero-order chi connectivity index (χ0) is 13.2. The van der Waals surface area contributed by atoms with E-state index in [4.69, 9.17) is 4.74 Å². The molecule has 0 radical (unpaired) electrons. The van der Waals surface area contributed by atoms with Crippen LogP contribution in [0.2, 0.25) is 0 Å². The number of methoxy groups -OCH3 is 1. The van der Waals surface area contributed by atoms with Gasteiger partial charge in [-0.25, -0.2) is 4.98 Å². The summed E-state index contributed by atoms with van der Waals surface area (Å²) in [6.07, 6.45) is 4.44. The van der Waals surface area contributed by atoms with Crippen LogP contribution in [0.3, 0.4) is 0 Å². The Morgan fingerprint density at radius 3 is 2.95 bits per heavy atom. The Morgan fingerprint density at radius 1 is 1.26 bits per heavy atom. The lowest BCUT2D eigenvalue weighted by Crippen LogP contribution is -1.96. The molecular formula is C15H14N2O2. The van der Waals surface area contributed by atoms with Crippen LogP contribution in [0.5, 0.6) is 11.5 Å². The minimum Gasteiger partial charge on any atom is -0.508 e. The van der Waals surface area contributed by atoms with Crippen molar-refractivity contribution in [2.75, 3.05) is 7.11 Å². The highest BCUT2D eigenvalue weighted by atomic mass is 16.5. The summed E-state index contributed by atoms with van der Waals surface area (Å²) in [7, 11) is 1.65. The molecule has 0 aliphatic heterocycles. The van der Waals surface area contributed by atoms with E-state index in [0.717, 1.165) is 22.7 Å². The summed E-state index contributed by atoms with van der Waals surface area (Å²) < 4.78 is 7.21. The molecule has 0 aliphatic carbocycles. The lowest BCUT2D eigenvalue weighted by Gasteiger charge is -2.04. The smallest absolute Gasteiger partial charge is 0.122 e. The van der Waals surface area contributed by atoms with Gasteiger partial charge in [0, 0.05) is 18.7 Å². The molecule has 0 saturated heterocycles. The van der Waals surface area contributed by atoms with Gasteiger partial charge in [-0.1, -0.05) is 12.1 Å². The number of hydrogen-bond donors (Lipinski definition) is 1. The number of hydrogen-bond acceptors (Lipinski definition) is 3. The highest BCUT2D eigenvalue weighted by molar-refractivity contribution is 5.51. The highest BCUT2D eigenvalue weighted by Crippen LogP contribution is 2.18. The fourth-order valence-electron chi connectivity index (χ4n) is 2.14. The number of ether oxygens (including phenoxy) is 1. The van der Waals surface area contributed by atoms with Crippen LogP contribution in [0.25, 0.3) is 5.52 Å². The molecule has 96 valence electrons. The Balaban J connectivity index is 1.97. The van der Waals surface area contributed by atoms with Gasteiger partial charge in [-0.2, -0.15) is 0 Å². The first-order chi connectivity index (χ1) is 9.26. The first kappa shape index (κ1) is 11.6. The zero-order valence-electron chi connectivity index (χ0n) is 10.6. The van der Waals surface area contributed by atoms with Crippen LogP contribution in [-0.2, 0) is 6.42 Å². The fraction of sp³-hybridized carbons (Fsp3) is 0.133. The Bertz CT molecular complexity index is 719. The van der Waals surface area contributed by atoms with E-state index < -0.39 is 0 Å². The summed E-state index contributed by atoms with van der Waals surface area (Å²) in [4.78, 5) is 4.42. The van der Waals surface area contributed by atoms with E-state index in [0.29, 0.717) is 6.42 Å². The summed E-state index contributed by atoms with van der Waals surface area (Å²) >= 11 is 0. The van der Waals surface area contributed by atoms with Crippen molar-refractivity contribution in [1.82, 2.24) is 9.38 Å². The summed E-state index contributed by atoms with van der Waals surface area (Å²) in [6, 6.07) is 11.1. The average molecular weight is 254 g/mol. The Labute approximate surface area is 110 Å². The number of pyridine rings is 1. The lowest BCUT2D eigenvalue weighted by atomic mass is 10.1. The minimum atomic E-state index is 0.278. The monoisotopic (exact) mass is 254 g/mol. The van der Waals surface area contributed by atoms with Crippen molar-refractivity contribution < 1.29 is 9.84 Å². The molecule has 19 heavy (non-hydrogen) atoms. The summed E-state index contributed by atoms with van der Waals surface area (Å²) in [5.74, 6) is 2.03. The maximum absolute atomic E-state index is 9.48. The second-order valence-corrected chi connectivity index (χ2v) is 4.38. The maximum Gasteiger partial charge on any atom is 0.122 e.